The van der Waals surface area contributed by atoms with Gasteiger partial charge in [-0.3, -0.25) is 24.8 Å². The van der Waals surface area contributed by atoms with E-state index in [1.165, 1.54) is 6.20 Å². The summed E-state index contributed by atoms with van der Waals surface area (Å²) in [7, 11) is 3.65. The van der Waals surface area contributed by atoms with Crippen molar-refractivity contribution < 1.29 is 18.4 Å². The van der Waals surface area contributed by atoms with E-state index in [4.69, 9.17) is 5.73 Å². The molecule has 0 aliphatic carbocycles. The number of alkyl halides is 1. The van der Waals surface area contributed by atoms with Gasteiger partial charge in [0.25, 0.3) is 0 Å². The summed E-state index contributed by atoms with van der Waals surface area (Å²) in [4.78, 5) is 49.5. The molecule has 3 fully saturated rings. The molecule has 4 unspecified atom stereocenters. The standard InChI is InChI=1S/C25H39F2N9O3/c1-25(24(38)36-10-8-33(2)9-11-36)4-6-35(7-5-25)20-17(27)13-29-14-18(20)31-23(37)19(21(28)32-39)22-30-12-16(26)15-34(22)3/h13-14,16,19,21-22,30H,4-12,15,28H2,1-3H3,(H,31,37). The van der Waals surface area contributed by atoms with E-state index in [-0.39, 0.29) is 30.4 Å². The van der Waals surface area contributed by atoms with Crippen molar-refractivity contribution in [3.05, 3.63) is 23.1 Å². The Morgan fingerprint density at radius 3 is 2.46 bits per heavy atom. The molecule has 1 aromatic rings. The highest BCUT2D eigenvalue weighted by atomic mass is 19.1. The fraction of sp³-hybridized carbons (Fsp3) is 0.720. The third-order valence-corrected chi connectivity index (χ3v) is 8.26. The number of hydrogen-bond donors (Lipinski definition) is 3. The number of likely N-dealkylation sites (N-methyl/N-ethyl adjacent to an activating group) is 1. The van der Waals surface area contributed by atoms with E-state index in [1.807, 2.05) is 18.9 Å². The minimum absolute atomic E-state index is 0.00344. The van der Waals surface area contributed by atoms with Gasteiger partial charge in [-0.1, -0.05) is 12.1 Å². The summed E-state index contributed by atoms with van der Waals surface area (Å²) in [5.41, 5.74) is 5.63. The smallest absolute Gasteiger partial charge is 0.234 e. The normalized spacial score (nSPS) is 26.1. The Hall–Kier alpha value is -2.81. The number of anilines is 2. The number of carbonyl (C=O) groups is 2. The number of nitroso groups, excluding NO2 is 1. The molecule has 3 saturated heterocycles. The lowest BCUT2D eigenvalue weighted by atomic mass is 9.78. The Morgan fingerprint density at radius 1 is 1.18 bits per heavy atom. The number of hydrogen-bond acceptors (Lipinski definition) is 10. The number of nitrogens with one attached hydrogen (secondary N) is 2. The molecule has 3 aliphatic heterocycles. The van der Waals surface area contributed by atoms with E-state index >= 15 is 4.39 Å². The van der Waals surface area contributed by atoms with Crippen LogP contribution in [0, 0.1) is 22.1 Å². The first-order chi connectivity index (χ1) is 18.5. The summed E-state index contributed by atoms with van der Waals surface area (Å²) in [5, 5.41) is 8.45. The molecule has 216 valence electrons. The molecule has 39 heavy (non-hydrogen) atoms. The lowest BCUT2D eigenvalue weighted by Gasteiger charge is -2.44. The average Bonchev–Trinajstić information content (AvgIpc) is 2.91. The predicted octanol–water partition coefficient (Wildman–Crippen LogP) is 0.406. The molecule has 12 nitrogen and oxygen atoms in total. The summed E-state index contributed by atoms with van der Waals surface area (Å²) >= 11 is 0. The molecule has 4 heterocycles. The lowest BCUT2D eigenvalue weighted by molar-refractivity contribution is -0.144. The van der Waals surface area contributed by atoms with Gasteiger partial charge >= 0.3 is 0 Å². The van der Waals surface area contributed by atoms with Gasteiger partial charge < -0.3 is 25.8 Å². The number of carbonyl (C=O) groups excluding carboxylic acids is 2. The Kier molecular flexibility index (Phi) is 9.09. The van der Waals surface area contributed by atoms with Crippen molar-refractivity contribution >= 4 is 23.2 Å². The van der Waals surface area contributed by atoms with Gasteiger partial charge in [-0.15, -0.1) is 4.91 Å². The molecule has 4 rings (SSSR count). The van der Waals surface area contributed by atoms with Gasteiger partial charge in [0.1, 0.15) is 17.8 Å². The van der Waals surface area contributed by atoms with Crippen LogP contribution in [-0.4, -0.2) is 116 Å². The zero-order valence-electron chi connectivity index (χ0n) is 22.8. The van der Waals surface area contributed by atoms with E-state index in [1.54, 1.807) is 16.8 Å². The Bertz CT molecular complexity index is 1050. The first kappa shape index (κ1) is 29.2. The highest BCUT2D eigenvalue weighted by Crippen LogP contribution is 2.38. The molecule has 3 aliphatic rings. The maximum absolute atomic E-state index is 15.2. The molecule has 1 aromatic heterocycles. The van der Waals surface area contributed by atoms with Gasteiger partial charge in [-0.05, 0) is 26.9 Å². The van der Waals surface area contributed by atoms with Gasteiger partial charge in [0.15, 0.2) is 12.0 Å². The van der Waals surface area contributed by atoms with Crippen LogP contribution in [0.3, 0.4) is 0 Å². The monoisotopic (exact) mass is 551 g/mol. The van der Waals surface area contributed by atoms with Gasteiger partial charge in [-0.25, -0.2) is 8.78 Å². The Balaban J connectivity index is 1.48. The van der Waals surface area contributed by atoms with Crippen molar-refractivity contribution in [3.63, 3.8) is 0 Å². The first-order valence-corrected chi connectivity index (χ1v) is 13.4. The summed E-state index contributed by atoms with van der Waals surface area (Å²) in [5.74, 6) is -2.33. The minimum atomic E-state index is -1.41. The SMILES string of the molecule is CN1CCN(C(=O)C2(C)CCN(c3c(F)cncc3NC(=O)C(C(N)N=O)C3NCC(F)CN3C)CC2)CC1. The fourth-order valence-corrected chi connectivity index (χ4v) is 5.73. The molecule has 2 amide bonds. The fourth-order valence-electron chi connectivity index (χ4n) is 5.73. The van der Waals surface area contributed by atoms with E-state index < -0.39 is 41.6 Å². The van der Waals surface area contributed by atoms with E-state index in [2.05, 4.69) is 25.7 Å². The van der Waals surface area contributed by atoms with Crippen molar-refractivity contribution in [2.75, 3.05) is 76.7 Å². The van der Waals surface area contributed by atoms with Crippen LogP contribution in [0.5, 0.6) is 0 Å². The van der Waals surface area contributed by atoms with Crippen molar-refractivity contribution in [2.24, 2.45) is 22.2 Å². The van der Waals surface area contributed by atoms with Crippen molar-refractivity contribution in [1.29, 1.82) is 0 Å². The van der Waals surface area contributed by atoms with Crippen LogP contribution >= 0.6 is 0 Å². The van der Waals surface area contributed by atoms with Crippen molar-refractivity contribution in [1.82, 2.24) is 25.0 Å². The van der Waals surface area contributed by atoms with Crippen LogP contribution in [0.1, 0.15) is 19.8 Å². The molecular formula is C25H39F2N9O3. The van der Waals surface area contributed by atoms with E-state index in [0.29, 0.717) is 39.0 Å². The number of amides is 2. The number of nitrogens with zero attached hydrogens (tertiary/aromatic N) is 6. The zero-order valence-corrected chi connectivity index (χ0v) is 22.8. The third-order valence-electron chi connectivity index (χ3n) is 8.26. The average molecular weight is 552 g/mol. The molecule has 0 bridgehead atoms. The quantitative estimate of drug-likeness (QED) is 0.411. The number of aromatic nitrogens is 1. The largest absolute Gasteiger partial charge is 0.367 e. The van der Waals surface area contributed by atoms with Gasteiger partial charge in [0, 0.05) is 57.8 Å². The predicted molar refractivity (Wildman–Crippen MR) is 143 cm³/mol. The number of rotatable bonds is 7. The van der Waals surface area contributed by atoms with Crippen LogP contribution < -0.4 is 21.3 Å². The number of nitrogens with two attached hydrogens (primary N) is 1. The molecule has 0 radical (unpaired) electrons. The van der Waals surface area contributed by atoms with E-state index in [9.17, 15) is 18.9 Å². The third kappa shape index (κ3) is 6.34. The molecule has 14 heteroatoms. The summed E-state index contributed by atoms with van der Waals surface area (Å²) < 4.78 is 29.0. The molecule has 0 saturated carbocycles. The summed E-state index contributed by atoms with van der Waals surface area (Å²) in [6, 6.07) is 0. The van der Waals surface area contributed by atoms with Crippen molar-refractivity contribution in [3.8, 4) is 0 Å². The second-order valence-corrected chi connectivity index (χ2v) is 11.2. The summed E-state index contributed by atoms with van der Waals surface area (Å²) in [6.45, 7) is 5.89. The zero-order chi connectivity index (χ0) is 28.3. The van der Waals surface area contributed by atoms with Gasteiger partial charge in [0.05, 0.1) is 24.2 Å². The number of halogens is 2. The highest BCUT2D eigenvalue weighted by molar-refractivity contribution is 5.96. The topological polar surface area (TPSA) is 140 Å². The Morgan fingerprint density at radius 2 is 1.85 bits per heavy atom. The first-order valence-electron chi connectivity index (χ1n) is 13.4. The minimum Gasteiger partial charge on any atom is -0.367 e. The highest BCUT2D eigenvalue weighted by Gasteiger charge is 2.42. The van der Waals surface area contributed by atoms with Crippen LogP contribution in [-0.2, 0) is 9.59 Å². The second kappa shape index (κ2) is 12.1. The number of piperazine rings is 1. The Labute approximate surface area is 227 Å². The molecular weight excluding hydrogens is 512 g/mol. The maximum Gasteiger partial charge on any atom is 0.234 e. The molecule has 4 N–H and O–H groups in total. The van der Waals surface area contributed by atoms with Crippen LogP contribution in [0.2, 0.25) is 0 Å². The molecule has 0 spiro atoms. The van der Waals surface area contributed by atoms with Crippen LogP contribution in [0.25, 0.3) is 0 Å². The molecule has 0 aromatic carbocycles. The second-order valence-electron chi connectivity index (χ2n) is 11.2. The summed E-state index contributed by atoms with van der Waals surface area (Å²) in [6.07, 6.45) is 0.165. The molecule has 4 atom stereocenters. The number of pyridine rings is 1. The number of piperidine rings is 1. The van der Waals surface area contributed by atoms with Gasteiger partial charge in [0.2, 0.25) is 11.8 Å². The van der Waals surface area contributed by atoms with Gasteiger partial charge in [-0.2, -0.15) is 0 Å². The van der Waals surface area contributed by atoms with Crippen molar-refractivity contribution in [2.45, 2.75) is 38.3 Å². The van der Waals surface area contributed by atoms with Crippen LogP contribution in [0.4, 0.5) is 20.2 Å². The maximum atomic E-state index is 15.2. The van der Waals surface area contributed by atoms with E-state index in [0.717, 1.165) is 19.3 Å². The lowest BCUT2D eigenvalue weighted by Crippen LogP contribution is -2.62. The van der Waals surface area contributed by atoms with Crippen LogP contribution in [0.15, 0.2) is 17.6 Å².